The van der Waals surface area contributed by atoms with Gasteiger partial charge in [0.2, 0.25) is 0 Å². The standard InChI is InChI=1S/C10H12F3N3/c11-10(12,13)7-2-1-3-8(6-7)16-5-4-9(14)15-16/h1-3,6,9,15H,4-5,14H2. The summed E-state index contributed by atoms with van der Waals surface area (Å²) >= 11 is 0. The van der Waals surface area contributed by atoms with Crippen LogP contribution in [0, 0.1) is 0 Å². The molecule has 6 heteroatoms. The van der Waals surface area contributed by atoms with E-state index in [1.165, 1.54) is 6.07 Å². The fraction of sp³-hybridized carbons (Fsp3) is 0.400. The molecule has 0 saturated carbocycles. The van der Waals surface area contributed by atoms with Crippen LogP contribution in [0.15, 0.2) is 24.3 Å². The van der Waals surface area contributed by atoms with Crippen LogP contribution in [0.4, 0.5) is 18.9 Å². The lowest BCUT2D eigenvalue weighted by Crippen LogP contribution is -2.40. The lowest BCUT2D eigenvalue weighted by atomic mass is 10.2. The molecule has 2 rings (SSSR count). The van der Waals surface area contributed by atoms with Gasteiger partial charge in [0, 0.05) is 6.54 Å². The van der Waals surface area contributed by atoms with Crippen LogP contribution in [0.1, 0.15) is 12.0 Å². The number of hydrazine groups is 1. The number of nitrogens with two attached hydrogens (primary N) is 1. The van der Waals surface area contributed by atoms with Crippen LogP contribution >= 0.6 is 0 Å². The summed E-state index contributed by atoms with van der Waals surface area (Å²) in [6.45, 7) is 0.614. The first kappa shape index (κ1) is 11.2. The number of nitrogens with one attached hydrogen (secondary N) is 1. The number of halogens is 3. The highest BCUT2D eigenvalue weighted by molar-refractivity contribution is 5.49. The van der Waals surface area contributed by atoms with Crippen molar-refractivity contribution >= 4 is 5.69 Å². The number of benzene rings is 1. The number of anilines is 1. The van der Waals surface area contributed by atoms with Gasteiger partial charge in [0.15, 0.2) is 0 Å². The third-order valence-corrected chi connectivity index (χ3v) is 2.47. The first-order valence-electron chi connectivity index (χ1n) is 4.93. The lowest BCUT2D eigenvalue weighted by Gasteiger charge is -2.20. The van der Waals surface area contributed by atoms with Crippen LogP contribution in [0.5, 0.6) is 0 Å². The molecular weight excluding hydrogens is 219 g/mol. The van der Waals surface area contributed by atoms with E-state index in [4.69, 9.17) is 5.73 Å². The molecule has 3 N–H and O–H groups in total. The quantitative estimate of drug-likeness (QED) is 0.773. The van der Waals surface area contributed by atoms with Crippen molar-refractivity contribution in [2.45, 2.75) is 18.8 Å². The molecular formula is C10H12F3N3. The Hall–Kier alpha value is -1.27. The average Bonchev–Trinajstić information content (AvgIpc) is 2.64. The van der Waals surface area contributed by atoms with Crippen LogP contribution in [0.25, 0.3) is 0 Å². The monoisotopic (exact) mass is 231 g/mol. The number of alkyl halides is 3. The van der Waals surface area contributed by atoms with Crippen molar-refractivity contribution in [1.82, 2.24) is 5.43 Å². The number of nitrogens with zero attached hydrogens (tertiary/aromatic N) is 1. The van der Waals surface area contributed by atoms with Crippen molar-refractivity contribution in [2.24, 2.45) is 5.73 Å². The maximum absolute atomic E-state index is 12.5. The third kappa shape index (κ3) is 2.28. The summed E-state index contributed by atoms with van der Waals surface area (Å²) in [6, 6.07) is 5.19. The Labute approximate surface area is 91.0 Å². The van der Waals surface area contributed by atoms with Crippen molar-refractivity contribution < 1.29 is 13.2 Å². The number of rotatable bonds is 1. The van der Waals surface area contributed by atoms with Gasteiger partial charge in [-0.1, -0.05) is 6.07 Å². The lowest BCUT2D eigenvalue weighted by molar-refractivity contribution is -0.137. The van der Waals surface area contributed by atoms with Crippen LogP contribution in [0.3, 0.4) is 0 Å². The molecule has 0 spiro atoms. The van der Waals surface area contributed by atoms with Gasteiger partial charge < -0.3 is 10.7 Å². The smallest absolute Gasteiger partial charge is 0.314 e. The molecule has 0 bridgehead atoms. The minimum absolute atomic E-state index is 0.186. The van der Waals surface area contributed by atoms with Crippen LogP contribution in [0.2, 0.25) is 0 Å². The van der Waals surface area contributed by atoms with Crippen LogP contribution in [-0.2, 0) is 6.18 Å². The summed E-state index contributed by atoms with van der Waals surface area (Å²) in [6.07, 6.45) is -3.77. The van der Waals surface area contributed by atoms with Gasteiger partial charge >= 0.3 is 6.18 Å². The largest absolute Gasteiger partial charge is 0.416 e. The van der Waals surface area contributed by atoms with Gasteiger partial charge in [0.25, 0.3) is 0 Å². The van der Waals surface area contributed by atoms with Crippen molar-refractivity contribution in [3.63, 3.8) is 0 Å². The van der Waals surface area contributed by atoms with E-state index in [0.717, 1.165) is 18.6 Å². The van der Waals surface area contributed by atoms with E-state index in [2.05, 4.69) is 5.43 Å². The first-order valence-corrected chi connectivity index (χ1v) is 4.93. The van der Waals surface area contributed by atoms with E-state index in [1.807, 2.05) is 0 Å². The third-order valence-electron chi connectivity index (χ3n) is 2.47. The molecule has 88 valence electrons. The zero-order valence-corrected chi connectivity index (χ0v) is 8.46. The molecule has 0 amide bonds. The topological polar surface area (TPSA) is 41.3 Å². The van der Waals surface area contributed by atoms with E-state index in [-0.39, 0.29) is 6.17 Å². The molecule has 0 radical (unpaired) electrons. The second-order valence-corrected chi connectivity index (χ2v) is 3.72. The van der Waals surface area contributed by atoms with Crippen molar-refractivity contribution in [1.29, 1.82) is 0 Å². The number of hydrogen-bond donors (Lipinski definition) is 2. The summed E-state index contributed by atoms with van der Waals surface area (Å²) in [5.41, 5.74) is 8.35. The summed E-state index contributed by atoms with van der Waals surface area (Å²) < 4.78 is 37.4. The van der Waals surface area contributed by atoms with E-state index in [9.17, 15) is 13.2 Å². The molecule has 1 aliphatic heterocycles. The summed E-state index contributed by atoms with van der Waals surface area (Å²) in [4.78, 5) is 0. The molecule has 1 unspecified atom stereocenters. The summed E-state index contributed by atoms with van der Waals surface area (Å²) in [5, 5.41) is 1.64. The van der Waals surface area contributed by atoms with Crippen molar-refractivity contribution in [2.75, 3.05) is 11.6 Å². The normalized spacial score (nSPS) is 21.5. The highest BCUT2D eigenvalue weighted by Gasteiger charge is 2.31. The van der Waals surface area contributed by atoms with Crippen molar-refractivity contribution in [3.05, 3.63) is 29.8 Å². The molecule has 1 saturated heterocycles. The molecule has 1 aromatic carbocycles. The van der Waals surface area contributed by atoms with Crippen molar-refractivity contribution in [3.8, 4) is 0 Å². The predicted molar refractivity (Wildman–Crippen MR) is 54.5 cm³/mol. The zero-order valence-electron chi connectivity index (χ0n) is 8.46. The van der Waals surface area contributed by atoms with Gasteiger partial charge in [-0.05, 0) is 24.6 Å². The summed E-state index contributed by atoms with van der Waals surface area (Å²) in [5.74, 6) is 0. The first-order chi connectivity index (χ1) is 7.47. The van der Waals surface area contributed by atoms with E-state index < -0.39 is 11.7 Å². The molecule has 1 atom stereocenters. The maximum Gasteiger partial charge on any atom is 0.416 e. The molecule has 1 fully saturated rings. The number of hydrogen-bond acceptors (Lipinski definition) is 3. The van der Waals surface area contributed by atoms with Gasteiger partial charge in [0.1, 0.15) is 0 Å². The van der Waals surface area contributed by atoms with E-state index >= 15 is 0 Å². The molecule has 0 aliphatic carbocycles. The fourth-order valence-corrected chi connectivity index (χ4v) is 1.65. The molecule has 1 aromatic rings. The van der Waals surface area contributed by atoms with E-state index in [0.29, 0.717) is 12.2 Å². The Bertz CT molecular complexity index is 378. The van der Waals surface area contributed by atoms with Gasteiger partial charge in [-0.25, -0.2) is 5.43 Å². The minimum atomic E-state index is -4.31. The zero-order chi connectivity index (χ0) is 11.8. The highest BCUT2D eigenvalue weighted by Crippen LogP contribution is 2.31. The predicted octanol–water partition coefficient (Wildman–Crippen LogP) is 1.70. The highest BCUT2D eigenvalue weighted by atomic mass is 19.4. The SMILES string of the molecule is NC1CCN(c2cccc(C(F)(F)F)c2)N1. The Morgan fingerprint density at radius 3 is 2.69 bits per heavy atom. The Morgan fingerprint density at radius 2 is 2.12 bits per heavy atom. The molecule has 1 heterocycles. The summed E-state index contributed by atoms with van der Waals surface area (Å²) in [7, 11) is 0. The molecule has 1 aliphatic rings. The maximum atomic E-state index is 12.5. The second kappa shape index (κ2) is 3.95. The van der Waals surface area contributed by atoms with Crippen LogP contribution in [-0.4, -0.2) is 12.7 Å². The Morgan fingerprint density at radius 1 is 1.38 bits per heavy atom. The Balaban J connectivity index is 2.23. The van der Waals surface area contributed by atoms with Gasteiger partial charge in [-0.2, -0.15) is 13.2 Å². The van der Waals surface area contributed by atoms with E-state index in [1.54, 1.807) is 11.1 Å². The van der Waals surface area contributed by atoms with Gasteiger partial charge in [-0.15, -0.1) is 0 Å². The van der Waals surface area contributed by atoms with Gasteiger partial charge in [0.05, 0.1) is 17.4 Å². The average molecular weight is 231 g/mol. The molecule has 3 nitrogen and oxygen atoms in total. The second-order valence-electron chi connectivity index (χ2n) is 3.72. The minimum Gasteiger partial charge on any atom is -0.314 e. The Kier molecular flexibility index (Phi) is 2.77. The van der Waals surface area contributed by atoms with Gasteiger partial charge in [-0.3, -0.25) is 0 Å². The van der Waals surface area contributed by atoms with Crippen LogP contribution < -0.4 is 16.2 Å². The molecule has 0 aromatic heterocycles. The molecule has 16 heavy (non-hydrogen) atoms. The fourth-order valence-electron chi connectivity index (χ4n) is 1.65.